The van der Waals surface area contributed by atoms with E-state index in [9.17, 15) is 4.79 Å². The number of rotatable bonds is 4. The summed E-state index contributed by atoms with van der Waals surface area (Å²) in [6, 6.07) is 1.55. The molecule has 2 aromatic heterocycles. The van der Waals surface area contributed by atoms with E-state index in [-0.39, 0.29) is 35.5 Å². The maximum absolute atomic E-state index is 12.9. The molecule has 8 nitrogen and oxygen atoms in total. The van der Waals surface area contributed by atoms with Crippen LogP contribution >= 0.6 is 0 Å². The van der Waals surface area contributed by atoms with Crippen molar-refractivity contribution >= 4 is 11.9 Å². The lowest BCUT2D eigenvalue weighted by Crippen LogP contribution is -2.46. The Bertz CT molecular complexity index is 944. The lowest BCUT2D eigenvalue weighted by atomic mass is 9.74. The number of aromatic nitrogens is 3. The van der Waals surface area contributed by atoms with Gasteiger partial charge in [0.25, 0.3) is 5.91 Å². The van der Waals surface area contributed by atoms with Crippen LogP contribution in [0.5, 0.6) is 0 Å². The molecule has 0 saturated carbocycles. The molecule has 4 rings (SSSR count). The number of hydrogen-bond acceptors (Lipinski definition) is 7. The second-order valence-electron chi connectivity index (χ2n) is 10.1. The van der Waals surface area contributed by atoms with Crippen molar-refractivity contribution in [2.24, 2.45) is 5.41 Å². The predicted octanol–water partition coefficient (Wildman–Crippen LogP) is 3.65. The standard InChI is InChI=1S/C23H33N5O3/c1-13(2)20-7-17(27-31-20)21(29)25-18-8-23(5,6)9-19-16(18)10-24-22(26-19)28-11-14(3)30-15(4)12-28/h7,10,13-15,18H,8-9,11-12H2,1-6H3,(H,25,29)/t14-,15-,18+/m1/s1. The summed E-state index contributed by atoms with van der Waals surface area (Å²) in [5, 5.41) is 7.09. The number of anilines is 1. The van der Waals surface area contributed by atoms with Gasteiger partial charge in [0.05, 0.1) is 23.9 Å². The second-order valence-corrected chi connectivity index (χ2v) is 10.1. The van der Waals surface area contributed by atoms with Gasteiger partial charge in [0, 0.05) is 36.8 Å². The highest BCUT2D eigenvalue weighted by molar-refractivity contribution is 5.92. The quantitative estimate of drug-likeness (QED) is 0.796. The van der Waals surface area contributed by atoms with Crippen molar-refractivity contribution in [3.05, 3.63) is 35.0 Å². The normalized spacial score (nSPS) is 25.4. The van der Waals surface area contributed by atoms with Crippen LogP contribution in [0.3, 0.4) is 0 Å². The molecule has 31 heavy (non-hydrogen) atoms. The number of hydrogen-bond donors (Lipinski definition) is 1. The van der Waals surface area contributed by atoms with Crippen molar-refractivity contribution in [3.8, 4) is 0 Å². The Kier molecular flexibility index (Phi) is 5.77. The summed E-state index contributed by atoms with van der Waals surface area (Å²) < 4.78 is 11.1. The minimum atomic E-state index is -0.232. The number of morpholine rings is 1. The number of amides is 1. The zero-order valence-corrected chi connectivity index (χ0v) is 19.3. The lowest BCUT2D eigenvalue weighted by Gasteiger charge is -2.38. The number of fused-ring (bicyclic) bond motifs is 1. The van der Waals surface area contributed by atoms with Gasteiger partial charge in [0.2, 0.25) is 5.95 Å². The Morgan fingerprint density at radius 2 is 1.97 bits per heavy atom. The average molecular weight is 428 g/mol. The zero-order chi connectivity index (χ0) is 22.3. The summed E-state index contributed by atoms with van der Waals surface area (Å²) in [6.45, 7) is 14.1. The van der Waals surface area contributed by atoms with Gasteiger partial charge < -0.3 is 19.5 Å². The topological polar surface area (TPSA) is 93.4 Å². The monoisotopic (exact) mass is 427 g/mol. The van der Waals surface area contributed by atoms with Crippen molar-refractivity contribution in [2.45, 2.75) is 78.6 Å². The van der Waals surface area contributed by atoms with Crippen LogP contribution in [0.2, 0.25) is 0 Å². The van der Waals surface area contributed by atoms with E-state index in [1.165, 1.54) is 0 Å². The fraction of sp³-hybridized carbons (Fsp3) is 0.652. The van der Waals surface area contributed by atoms with E-state index in [0.717, 1.165) is 43.1 Å². The first-order valence-corrected chi connectivity index (χ1v) is 11.1. The Hall–Kier alpha value is -2.48. The van der Waals surface area contributed by atoms with Crippen LogP contribution in [0.25, 0.3) is 0 Å². The first-order valence-electron chi connectivity index (χ1n) is 11.1. The lowest BCUT2D eigenvalue weighted by molar-refractivity contribution is -0.00575. The number of carbonyl (C=O) groups excluding carboxylic acids is 1. The van der Waals surface area contributed by atoms with Crippen LogP contribution in [0.4, 0.5) is 5.95 Å². The molecular weight excluding hydrogens is 394 g/mol. The molecule has 2 aliphatic rings. The van der Waals surface area contributed by atoms with Gasteiger partial charge in [-0.15, -0.1) is 0 Å². The third-order valence-corrected chi connectivity index (χ3v) is 6.00. The number of carbonyl (C=O) groups is 1. The molecule has 1 aliphatic carbocycles. The van der Waals surface area contributed by atoms with Gasteiger partial charge in [0.15, 0.2) is 5.69 Å². The summed E-state index contributed by atoms with van der Waals surface area (Å²) in [5.74, 6) is 1.39. The third kappa shape index (κ3) is 4.74. The van der Waals surface area contributed by atoms with E-state index in [4.69, 9.17) is 14.2 Å². The van der Waals surface area contributed by atoms with E-state index in [0.29, 0.717) is 11.5 Å². The van der Waals surface area contributed by atoms with Crippen molar-refractivity contribution < 1.29 is 14.1 Å². The first-order chi connectivity index (χ1) is 14.6. The molecule has 1 amide bonds. The molecule has 0 unspecified atom stereocenters. The molecule has 168 valence electrons. The summed E-state index contributed by atoms with van der Waals surface area (Å²) in [4.78, 5) is 24.6. The van der Waals surface area contributed by atoms with E-state index in [1.807, 2.05) is 20.0 Å². The maximum atomic E-state index is 12.9. The molecule has 2 aromatic rings. The maximum Gasteiger partial charge on any atom is 0.273 e. The van der Waals surface area contributed by atoms with Crippen molar-refractivity contribution in [2.75, 3.05) is 18.0 Å². The van der Waals surface area contributed by atoms with Crippen LogP contribution in [0, 0.1) is 5.41 Å². The molecular formula is C23H33N5O3. The van der Waals surface area contributed by atoms with Gasteiger partial charge in [-0.3, -0.25) is 4.79 Å². The molecule has 1 N–H and O–H groups in total. The second kappa shape index (κ2) is 8.22. The predicted molar refractivity (Wildman–Crippen MR) is 117 cm³/mol. The van der Waals surface area contributed by atoms with Crippen molar-refractivity contribution in [1.29, 1.82) is 0 Å². The smallest absolute Gasteiger partial charge is 0.273 e. The number of ether oxygens (including phenoxy) is 1. The summed E-state index contributed by atoms with van der Waals surface area (Å²) in [6.07, 6.45) is 3.83. The molecule has 1 fully saturated rings. The molecule has 0 bridgehead atoms. The highest BCUT2D eigenvalue weighted by atomic mass is 16.5. The molecule has 0 aromatic carbocycles. The molecule has 0 spiro atoms. The van der Waals surface area contributed by atoms with E-state index in [2.05, 4.69) is 48.1 Å². The molecule has 0 radical (unpaired) electrons. The van der Waals surface area contributed by atoms with Gasteiger partial charge in [-0.05, 0) is 32.1 Å². The van der Waals surface area contributed by atoms with Crippen molar-refractivity contribution in [3.63, 3.8) is 0 Å². The Balaban J connectivity index is 1.57. The summed E-state index contributed by atoms with van der Waals surface area (Å²) >= 11 is 0. The van der Waals surface area contributed by atoms with E-state index in [1.54, 1.807) is 6.07 Å². The van der Waals surface area contributed by atoms with Gasteiger partial charge >= 0.3 is 0 Å². The number of nitrogens with one attached hydrogen (secondary N) is 1. The van der Waals surface area contributed by atoms with Gasteiger partial charge in [-0.2, -0.15) is 0 Å². The Morgan fingerprint density at radius 1 is 1.26 bits per heavy atom. The molecule has 3 heterocycles. The van der Waals surface area contributed by atoms with Gasteiger partial charge in [-0.25, -0.2) is 9.97 Å². The first kappa shape index (κ1) is 21.7. The average Bonchev–Trinajstić information content (AvgIpc) is 3.16. The van der Waals surface area contributed by atoms with Crippen LogP contribution < -0.4 is 10.2 Å². The van der Waals surface area contributed by atoms with E-state index < -0.39 is 0 Å². The third-order valence-electron chi connectivity index (χ3n) is 6.00. The minimum Gasteiger partial charge on any atom is -0.372 e. The molecule has 1 aliphatic heterocycles. The SMILES string of the molecule is CC(C)c1cc(C(=O)N[C@H]2CC(C)(C)Cc3nc(N4C[C@@H](C)O[C@H](C)C4)ncc32)no1. The fourth-order valence-corrected chi connectivity index (χ4v) is 4.56. The highest BCUT2D eigenvalue weighted by Gasteiger charge is 2.36. The highest BCUT2D eigenvalue weighted by Crippen LogP contribution is 2.40. The zero-order valence-electron chi connectivity index (χ0n) is 19.3. The van der Waals surface area contributed by atoms with Gasteiger partial charge in [0.1, 0.15) is 5.76 Å². The minimum absolute atomic E-state index is 0.00901. The van der Waals surface area contributed by atoms with Crippen LogP contribution in [0.1, 0.15) is 87.4 Å². The largest absolute Gasteiger partial charge is 0.372 e. The summed E-state index contributed by atoms with van der Waals surface area (Å²) in [7, 11) is 0. The fourth-order valence-electron chi connectivity index (χ4n) is 4.56. The van der Waals surface area contributed by atoms with Gasteiger partial charge in [-0.1, -0.05) is 32.9 Å². The van der Waals surface area contributed by atoms with E-state index >= 15 is 0 Å². The van der Waals surface area contributed by atoms with Crippen LogP contribution in [-0.2, 0) is 11.2 Å². The Labute approximate surface area is 183 Å². The van der Waals surface area contributed by atoms with Crippen LogP contribution in [-0.4, -0.2) is 46.3 Å². The Morgan fingerprint density at radius 3 is 2.61 bits per heavy atom. The number of nitrogens with zero attached hydrogens (tertiary/aromatic N) is 4. The van der Waals surface area contributed by atoms with Crippen LogP contribution in [0.15, 0.2) is 16.8 Å². The molecule has 3 atom stereocenters. The molecule has 1 saturated heterocycles. The molecule has 8 heteroatoms. The summed E-state index contributed by atoms with van der Waals surface area (Å²) in [5.41, 5.74) is 2.30. The van der Waals surface area contributed by atoms with Crippen molar-refractivity contribution in [1.82, 2.24) is 20.4 Å².